The van der Waals surface area contributed by atoms with E-state index in [0.717, 1.165) is 5.56 Å². The molecule has 0 atom stereocenters. The summed E-state index contributed by atoms with van der Waals surface area (Å²) < 4.78 is 0. The van der Waals surface area contributed by atoms with Crippen molar-refractivity contribution >= 4 is 11.6 Å². The highest BCUT2D eigenvalue weighted by atomic mass is 16.2. The van der Waals surface area contributed by atoms with Crippen LogP contribution >= 0.6 is 0 Å². The molecule has 1 aliphatic carbocycles. The summed E-state index contributed by atoms with van der Waals surface area (Å²) in [5.41, 5.74) is 2.98. The van der Waals surface area contributed by atoms with Gasteiger partial charge in [-0.25, -0.2) is 0 Å². The Hall–Kier alpha value is -2.42. The lowest BCUT2D eigenvalue weighted by molar-refractivity contribution is 0.0988. The lowest BCUT2D eigenvalue weighted by atomic mass is 10.0. The van der Waals surface area contributed by atoms with Gasteiger partial charge >= 0.3 is 0 Å². The molecule has 0 fully saturated rings. The van der Waals surface area contributed by atoms with Crippen molar-refractivity contribution < 1.29 is 9.59 Å². The number of carbonyl (C=O) groups is 2. The Labute approximate surface area is 111 Å². The minimum absolute atomic E-state index is 0.169. The molecular weight excluding hydrogens is 238 g/mol. The summed E-state index contributed by atoms with van der Waals surface area (Å²) in [6, 6.07) is 5.38. The second-order valence-electron chi connectivity index (χ2n) is 4.83. The van der Waals surface area contributed by atoms with Crippen LogP contribution in [0.25, 0.3) is 0 Å². The third-order valence-electron chi connectivity index (χ3n) is 3.39. The van der Waals surface area contributed by atoms with Gasteiger partial charge in [-0.15, -0.1) is 0 Å². The van der Waals surface area contributed by atoms with E-state index in [9.17, 15) is 9.59 Å². The van der Waals surface area contributed by atoms with Crippen molar-refractivity contribution in [3.8, 4) is 0 Å². The molecule has 0 saturated heterocycles. The van der Waals surface area contributed by atoms with Gasteiger partial charge in [-0.2, -0.15) is 0 Å². The number of carbonyl (C=O) groups excluding carboxylic acids is 2. The minimum atomic E-state index is -0.172. The monoisotopic (exact) mass is 251 g/mol. The van der Waals surface area contributed by atoms with E-state index in [1.54, 1.807) is 24.3 Å². The van der Waals surface area contributed by atoms with Crippen LogP contribution in [0.15, 0.2) is 53.9 Å². The van der Waals surface area contributed by atoms with Crippen molar-refractivity contribution in [2.75, 3.05) is 7.05 Å². The Morgan fingerprint density at radius 1 is 0.947 bits per heavy atom. The summed E-state index contributed by atoms with van der Waals surface area (Å²) in [4.78, 5) is 26.6. The Morgan fingerprint density at radius 3 is 2.26 bits per heavy atom. The number of Topliss-reactive ketones (excluding diaryl/α,β-unsaturated/α-hetero) is 2. The van der Waals surface area contributed by atoms with Gasteiger partial charge in [0.25, 0.3) is 0 Å². The fourth-order valence-electron chi connectivity index (χ4n) is 2.35. The zero-order chi connectivity index (χ0) is 13.6. The molecule has 1 heterocycles. The Bertz CT molecular complexity index is 677. The standard InChI is InChI=1S/C16H13NO2/c1-10-3-4-12-13(9-10)16(19)14(15(12)18)11-5-7-17(2)8-6-11/h3-9H,1-2H3. The molecule has 1 aromatic rings. The zero-order valence-corrected chi connectivity index (χ0v) is 10.8. The number of hydrogen-bond donors (Lipinski definition) is 0. The first-order chi connectivity index (χ1) is 9.08. The average molecular weight is 251 g/mol. The molecule has 0 N–H and O–H groups in total. The van der Waals surface area contributed by atoms with Gasteiger partial charge in [0.05, 0.1) is 5.57 Å². The molecule has 0 bridgehead atoms. The molecule has 0 radical (unpaired) electrons. The molecule has 19 heavy (non-hydrogen) atoms. The minimum Gasteiger partial charge on any atom is -0.357 e. The maximum atomic E-state index is 12.4. The van der Waals surface area contributed by atoms with E-state index in [4.69, 9.17) is 0 Å². The second-order valence-corrected chi connectivity index (χ2v) is 4.83. The lowest BCUT2D eigenvalue weighted by Crippen LogP contribution is -2.08. The van der Waals surface area contributed by atoms with Gasteiger partial charge in [-0.3, -0.25) is 9.59 Å². The highest BCUT2D eigenvalue weighted by Gasteiger charge is 2.34. The highest BCUT2D eigenvalue weighted by molar-refractivity contribution is 6.40. The van der Waals surface area contributed by atoms with E-state index in [0.29, 0.717) is 16.7 Å². The number of fused-ring (bicyclic) bond motifs is 1. The van der Waals surface area contributed by atoms with Crippen LogP contribution in [0.5, 0.6) is 0 Å². The van der Waals surface area contributed by atoms with E-state index in [-0.39, 0.29) is 17.1 Å². The van der Waals surface area contributed by atoms with Crippen molar-refractivity contribution in [3.63, 3.8) is 0 Å². The highest BCUT2D eigenvalue weighted by Crippen LogP contribution is 2.30. The van der Waals surface area contributed by atoms with Gasteiger partial charge in [0.1, 0.15) is 0 Å². The summed E-state index contributed by atoms with van der Waals surface area (Å²) >= 11 is 0. The smallest absolute Gasteiger partial charge is 0.198 e. The van der Waals surface area contributed by atoms with Crippen molar-refractivity contribution in [1.29, 1.82) is 0 Å². The SMILES string of the molecule is Cc1ccc2c(c1)C(=O)C(=C1C=CN(C)C=C1)C2=O. The van der Waals surface area contributed by atoms with Crippen LogP contribution in [0.3, 0.4) is 0 Å². The quantitative estimate of drug-likeness (QED) is 0.525. The molecule has 3 heteroatoms. The number of benzene rings is 1. The molecule has 0 aromatic heterocycles. The van der Waals surface area contributed by atoms with Crippen molar-refractivity contribution in [2.24, 2.45) is 0 Å². The van der Waals surface area contributed by atoms with Crippen LogP contribution in [-0.4, -0.2) is 23.5 Å². The third-order valence-corrected chi connectivity index (χ3v) is 3.39. The lowest BCUT2D eigenvalue weighted by Gasteiger charge is -2.12. The Kier molecular flexibility index (Phi) is 2.49. The fourth-order valence-corrected chi connectivity index (χ4v) is 2.35. The molecule has 0 amide bonds. The first-order valence-corrected chi connectivity index (χ1v) is 6.10. The molecular formula is C16H13NO2. The molecule has 0 spiro atoms. The Morgan fingerprint density at radius 2 is 1.58 bits per heavy atom. The molecule has 3 nitrogen and oxygen atoms in total. The number of aryl methyl sites for hydroxylation is 1. The fraction of sp³-hybridized carbons (Fsp3) is 0.125. The maximum absolute atomic E-state index is 12.4. The maximum Gasteiger partial charge on any atom is 0.198 e. The van der Waals surface area contributed by atoms with Crippen LogP contribution in [0.1, 0.15) is 26.3 Å². The van der Waals surface area contributed by atoms with Gasteiger partial charge in [-0.1, -0.05) is 17.7 Å². The van der Waals surface area contributed by atoms with Gasteiger partial charge < -0.3 is 4.90 Å². The average Bonchev–Trinajstić information content (AvgIpc) is 2.63. The normalized spacial score (nSPS) is 17.5. The van der Waals surface area contributed by atoms with Crippen LogP contribution in [0.4, 0.5) is 0 Å². The van der Waals surface area contributed by atoms with E-state index in [1.807, 2.05) is 37.3 Å². The number of nitrogens with zero attached hydrogens (tertiary/aromatic N) is 1. The molecule has 0 saturated carbocycles. The van der Waals surface area contributed by atoms with E-state index < -0.39 is 0 Å². The molecule has 3 rings (SSSR count). The van der Waals surface area contributed by atoms with E-state index in [1.165, 1.54) is 0 Å². The molecule has 1 aliphatic heterocycles. The molecule has 94 valence electrons. The first kappa shape index (κ1) is 11.7. The van der Waals surface area contributed by atoms with Crippen LogP contribution in [-0.2, 0) is 0 Å². The second kappa shape index (κ2) is 4.05. The number of allylic oxidation sites excluding steroid dienone is 4. The molecule has 1 aromatic carbocycles. The predicted molar refractivity (Wildman–Crippen MR) is 72.9 cm³/mol. The molecule has 0 unspecified atom stereocenters. The van der Waals surface area contributed by atoms with Crippen LogP contribution in [0.2, 0.25) is 0 Å². The topological polar surface area (TPSA) is 37.4 Å². The van der Waals surface area contributed by atoms with Gasteiger partial charge in [-0.05, 0) is 30.7 Å². The zero-order valence-electron chi connectivity index (χ0n) is 10.8. The number of ketones is 2. The number of rotatable bonds is 0. The van der Waals surface area contributed by atoms with Crippen molar-refractivity contribution in [1.82, 2.24) is 4.90 Å². The first-order valence-electron chi connectivity index (χ1n) is 6.10. The number of hydrogen-bond acceptors (Lipinski definition) is 3. The van der Waals surface area contributed by atoms with Crippen molar-refractivity contribution in [3.05, 3.63) is 70.6 Å². The predicted octanol–water partition coefficient (Wildman–Crippen LogP) is 2.64. The third kappa shape index (κ3) is 1.74. The summed E-state index contributed by atoms with van der Waals surface area (Å²) in [6.45, 7) is 1.92. The van der Waals surface area contributed by atoms with Gasteiger partial charge in [0.2, 0.25) is 0 Å². The van der Waals surface area contributed by atoms with E-state index in [2.05, 4.69) is 0 Å². The summed E-state index contributed by atoms with van der Waals surface area (Å²) in [7, 11) is 1.89. The van der Waals surface area contributed by atoms with Crippen LogP contribution in [0, 0.1) is 6.92 Å². The van der Waals surface area contributed by atoms with Gasteiger partial charge in [0.15, 0.2) is 11.6 Å². The summed E-state index contributed by atoms with van der Waals surface area (Å²) in [5, 5.41) is 0. The van der Waals surface area contributed by atoms with Crippen molar-refractivity contribution in [2.45, 2.75) is 6.92 Å². The Balaban J connectivity index is 2.16. The van der Waals surface area contributed by atoms with Crippen LogP contribution < -0.4 is 0 Å². The van der Waals surface area contributed by atoms with E-state index >= 15 is 0 Å². The summed E-state index contributed by atoms with van der Waals surface area (Å²) in [6.07, 6.45) is 7.25. The van der Waals surface area contributed by atoms with Gasteiger partial charge in [0, 0.05) is 30.6 Å². The summed E-state index contributed by atoms with van der Waals surface area (Å²) in [5.74, 6) is -0.341. The largest absolute Gasteiger partial charge is 0.357 e. The molecule has 2 aliphatic rings.